The number of nitrogens with zero attached hydrogens (tertiary/aromatic N) is 1. The molecule has 1 N–H and O–H groups in total. The predicted octanol–water partition coefficient (Wildman–Crippen LogP) is 1.79. The Kier molecular flexibility index (Phi) is 4.04. The highest BCUT2D eigenvalue weighted by Crippen LogP contribution is 2.15. The number of ether oxygens (including phenoxy) is 1. The van der Waals surface area contributed by atoms with Crippen molar-refractivity contribution in [3.63, 3.8) is 0 Å². The number of aliphatic hydroxyl groups excluding tert-OH is 1. The minimum Gasteiger partial charge on any atom is -0.492 e. The van der Waals surface area contributed by atoms with Crippen LogP contribution in [0.5, 0.6) is 5.75 Å². The summed E-state index contributed by atoms with van der Waals surface area (Å²) in [7, 11) is 0. The zero-order valence-corrected chi connectivity index (χ0v) is 9.86. The summed E-state index contributed by atoms with van der Waals surface area (Å²) in [6, 6.07) is 7.36. The lowest BCUT2D eigenvalue weighted by Gasteiger charge is -2.15. The van der Waals surface area contributed by atoms with E-state index in [-0.39, 0.29) is 6.10 Å². The highest BCUT2D eigenvalue weighted by molar-refractivity contribution is 6.30. The molecule has 4 heteroatoms. The topological polar surface area (TPSA) is 32.7 Å². The Balaban J connectivity index is 1.70. The van der Waals surface area contributed by atoms with Gasteiger partial charge in [0.2, 0.25) is 0 Å². The van der Waals surface area contributed by atoms with Crippen LogP contribution in [0.3, 0.4) is 0 Å². The molecule has 1 aromatic rings. The summed E-state index contributed by atoms with van der Waals surface area (Å²) < 4.78 is 5.58. The van der Waals surface area contributed by atoms with Gasteiger partial charge < -0.3 is 9.84 Å². The van der Waals surface area contributed by atoms with Crippen LogP contribution in [0.15, 0.2) is 24.3 Å². The van der Waals surface area contributed by atoms with Gasteiger partial charge in [0.15, 0.2) is 0 Å². The smallest absolute Gasteiger partial charge is 0.119 e. The first kappa shape index (κ1) is 11.7. The molecule has 2 rings (SSSR count). The fourth-order valence-corrected chi connectivity index (χ4v) is 1.96. The van der Waals surface area contributed by atoms with Gasteiger partial charge >= 0.3 is 0 Å². The maximum Gasteiger partial charge on any atom is 0.119 e. The molecule has 1 aliphatic heterocycles. The molecule has 1 saturated heterocycles. The molecule has 0 spiro atoms. The van der Waals surface area contributed by atoms with E-state index in [0.717, 1.165) is 36.8 Å². The Bertz CT molecular complexity index is 328. The molecule has 3 nitrogen and oxygen atoms in total. The normalized spacial score (nSPS) is 21.2. The van der Waals surface area contributed by atoms with Crippen LogP contribution in [-0.4, -0.2) is 42.4 Å². The van der Waals surface area contributed by atoms with Crippen LogP contribution in [0.2, 0.25) is 5.02 Å². The fourth-order valence-electron chi connectivity index (χ4n) is 1.84. The Morgan fingerprint density at radius 2 is 2.12 bits per heavy atom. The predicted molar refractivity (Wildman–Crippen MR) is 64.0 cm³/mol. The summed E-state index contributed by atoms with van der Waals surface area (Å²) >= 11 is 5.77. The first-order valence-corrected chi connectivity index (χ1v) is 5.90. The van der Waals surface area contributed by atoms with E-state index in [1.807, 2.05) is 24.3 Å². The number of likely N-dealkylation sites (tertiary alicyclic amines) is 1. The van der Waals surface area contributed by atoms with Crippen molar-refractivity contribution in [2.24, 2.45) is 0 Å². The molecule has 0 amide bonds. The molecule has 0 aromatic heterocycles. The lowest BCUT2D eigenvalue weighted by Crippen LogP contribution is -2.27. The summed E-state index contributed by atoms with van der Waals surface area (Å²) in [5, 5.41) is 10.1. The van der Waals surface area contributed by atoms with Crippen LogP contribution in [0.4, 0.5) is 0 Å². The summed E-state index contributed by atoms with van der Waals surface area (Å²) in [5.41, 5.74) is 0. The van der Waals surface area contributed by atoms with E-state index in [4.69, 9.17) is 16.3 Å². The highest BCUT2D eigenvalue weighted by Gasteiger charge is 2.19. The second-order valence-electron chi connectivity index (χ2n) is 4.05. The Morgan fingerprint density at radius 1 is 1.38 bits per heavy atom. The maximum absolute atomic E-state index is 9.35. The van der Waals surface area contributed by atoms with Gasteiger partial charge in [0.1, 0.15) is 12.4 Å². The second kappa shape index (κ2) is 5.53. The summed E-state index contributed by atoms with van der Waals surface area (Å²) in [6.07, 6.45) is 0.719. The molecule has 1 aliphatic rings. The lowest BCUT2D eigenvalue weighted by atomic mass is 10.3. The molecule has 1 heterocycles. The molecule has 0 aliphatic carbocycles. The molecule has 88 valence electrons. The van der Waals surface area contributed by atoms with E-state index in [2.05, 4.69) is 4.90 Å². The van der Waals surface area contributed by atoms with Gasteiger partial charge in [0.05, 0.1) is 6.10 Å². The number of rotatable bonds is 4. The molecule has 1 aromatic carbocycles. The molecule has 0 unspecified atom stereocenters. The largest absolute Gasteiger partial charge is 0.492 e. The number of benzene rings is 1. The van der Waals surface area contributed by atoms with Crippen LogP contribution in [0, 0.1) is 0 Å². The quantitative estimate of drug-likeness (QED) is 0.873. The summed E-state index contributed by atoms with van der Waals surface area (Å²) in [5.74, 6) is 0.837. The van der Waals surface area contributed by atoms with Gasteiger partial charge in [0, 0.05) is 24.7 Å². The highest BCUT2D eigenvalue weighted by atomic mass is 35.5. The average Bonchev–Trinajstić information content (AvgIpc) is 2.67. The fraction of sp³-hybridized carbons (Fsp3) is 0.500. The molecule has 0 radical (unpaired) electrons. The zero-order chi connectivity index (χ0) is 11.4. The van der Waals surface area contributed by atoms with Gasteiger partial charge in [-0.2, -0.15) is 0 Å². The van der Waals surface area contributed by atoms with Gasteiger partial charge in [-0.05, 0) is 30.7 Å². The maximum atomic E-state index is 9.35. The monoisotopic (exact) mass is 241 g/mol. The first-order chi connectivity index (χ1) is 7.74. The Hall–Kier alpha value is -0.770. The molecule has 1 fully saturated rings. The van der Waals surface area contributed by atoms with Crippen molar-refractivity contribution in [2.45, 2.75) is 12.5 Å². The molecule has 16 heavy (non-hydrogen) atoms. The van der Waals surface area contributed by atoms with Gasteiger partial charge in [-0.3, -0.25) is 4.90 Å². The van der Waals surface area contributed by atoms with E-state index in [0.29, 0.717) is 6.61 Å². The SMILES string of the molecule is O[C@H]1CCN(CCOc2ccc(Cl)cc2)C1. The van der Waals surface area contributed by atoms with Crippen LogP contribution in [0.25, 0.3) is 0 Å². The number of halogens is 1. The van der Waals surface area contributed by atoms with Crippen molar-refractivity contribution in [1.29, 1.82) is 0 Å². The van der Waals surface area contributed by atoms with Crippen LogP contribution in [0.1, 0.15) is 6.42 Å². The number of hydrogen-bond acceptors (Lipinski definition) is 3. The van der Waals surface area contributed by atoms with Crippen LogP contribution >= 0.6 is 11.6 Å². The summed E-state index contributed by atoms with van der Waals surface area (Å²) in [6.45, 7) is 3.24. The Labute approximate surface area is 101 Å². The molecular weight excluding hydrogens is 226 g/mol. The van der Waals surface area contributed by atoms with E-state index in [1.165, 1.54) is 0 Å². The number of hydrogen-bond donors (Lipinski definition) is 1. The van der Waals surface area contributed by atoms with Gasteiger partial charge in [-0.25, -0.2) is 0 Å². The zero-order valence-electron chi connectivity index (χ0n) is 9.10. The van der Waals surface area contributed by atoms with Crippen molar-refractivity contribution < 1.29 is 9.84 Å². The minimum absolute atomic E-state index is 0.157. The molecule has 0 bridgehead atoms. The Morgan fingerprint density at radius 3 is 2.75 bits per heavy atom. The van der Waals surface area contributed by atoms with Crippen LogP contribution in [-0.2, 0) is 0 Å². The van der Waals surface area contributed by atoms with Crippen molar-refractivity contribution in [1.82, 2.24) is 4.90 Å². The minimum atomic E-state index is -0.157. The van der Waals surface area contributed by atoms with Crippen molar-refractivity contribution in [3.05, 3.63) is 29.3 Å². The second-order valence-corrected chi connectivity index (χ2v) is 4.48. The van der Waals surface area contributed by atoms with E-state index in [1.54, 1.807) is 0 Å². The van der Waals surface area contributed by atoms with E-state index < -0.39 is 0 Å². The summed E-state index contributed by atoms with van der Waals surface area (Å²) in [4.78, 5) is 2.21. The standard InChI is InChI=1S/C12H16ClNO2/c13-10-1-3-12(4-2-10)16-8-7-14-6-5-11(15)9-14/h1-4,11,15H,5-9H2/t11-/m0/s1. The average molecular weight is 242 g/mol. The third-order valence-corrected chi connectivity index (χ3v) is 2.99. The van der Waals surface area contributed by atoms with Gasteiger partial charge in [-0.15, -0.1) is 0 Å². The van der Waals surface area contributed by atoms with Gasteiger partial charge in [0.25, 0.3) is 0 Å². The molecular formula is C12H16ClNO2. The van der Waals surface area contributed by atoms with Crippen molar-refractivity contribution in [2.75, 3.05) is 26.2 Å². The number of aliphatic hydroxyl groups is 1. The number of β-amino-alcohol motifs (C(OH)–C–C–N with tert-alkyl or cyclic N) is 1. The molecule has 0 saturated carbocycles. The van der Waals surface area contributed by atoms with Crippen LogP contribution < -0.4 is 4.74 Å². The van der Waals surface area contributed by atoms with E-state index >= 15 is 0 Å². The van der Waals surface area contributed by atoms with Crippen molar-refractivity contribution >= 4 is 11.6 Å². The third kappa shape index (κ3) is 3.37. The lowest BCUT2D eigenvalue weighted by molar-refractivity contribution is 0.167. The first-order valence-electron chi connectivity index (χ1n) is 5.53. The molecule has 1 atom stereocenters. The third-order valence-electron chi connectivity index (χ3n) is 2.74. The van der Waals surface area contributed by atoms with E-state index in [9.17, 15) is 5.11 Å². The van der Waals surface area contributed by atoms with Crippen molar-refractivity contribution in [3.8, 4) is 5.75 Å². The van der Waals surface area contributed by atoms with Gasteiger partial charge in [-0.1, -0.05) is 11.6 Å².